The van der Waals surface area contributed by atoms with Gasteiger partial charge in [-0.1, -0.05) is 12.1 Å². The molecule has 0 aliphatic carbocycles. The molecule has 0 heterocycles. The molecule has 5 nitrogen and oxygen atoms in total. The number of hydrogen-bond acceptors (Lipinski definition) is 5. The van der Waals surface area contributed by atoms with Crippen LogP contribution in [0.4, 0.5) is 0 Å². The highest BCUT2D eigenvalue weighted by Gasteiger charge is 2.15. The quantitative estimate of drug-likeness (QED) is 0.624. The van der Waals surface area contributed by atoms with Crippen molar-refractivity contribution in [3.8, 4) is 11.5 Å². The van der Waals surface area contributed by atoms with Crippen molar-refractivity contribution in [1.82, 2.24) is 0 Å². The number of para-hydroxylation sites is 1. The minimum Gasteiger partial charge on any atom is -0.490 e. The van der Waals surface area contributed by atoms with E-state index >= 15 is 0 Å². The Labute approximate surface area is 134 Å². The molecule has 0 atom stereocenters. The first-order valence-electron chi connectivity index (χ1n) is 7.17. The Balaban J connectivity index is 2.15. The van der Waals surface area contributed by atoms with Gasteiger partial charge in [0.05, 0.1) is 18.8 Å². The van der Waals surface area contributed by atoms with Crippen LogP contribution < -0.4 is 9.47 Å². The highest BCUT2D eigenvalue weighted by atomic mass is 16.5. The summed E-state index contributed by atoms with van der Waals surface area (Å²) in [6.45, 7) is 3.77. The van der Waals surface area contributed by atoms with E-state index in [9.17, 15) is 9.59 Å². The lowest BCUT2D eigenvalue weighted by molar-refractivity contribution is 0.0600. The molecule has 0 bridgehead atoms. The zero-order valence-electron chi connectivity index (χ0n) is 13.2. The third-order valence-corrected chi connectivity index (χ3v) is 2.96. The lowest BCUT2D eigenvalue weighted by atomic mass is 10.2. The van der Waals surface area contributed by atoms with Crippen LogP contribution in [0.25, 0.3) is 0 Å². The van der Waals surface area contributed by atoms with Crippen LogP contribution in [0.3, 0.4) is 0 Å². The van der Waals surface area contributed by atoms with Gasteiger partial charge in [0.15, 0.2) is 0 Å². The minimum absolute atomic E-state index is 0.0525. The van der Waals surface area contributed by atoms with E-state index in [4.69, 9.17) is 9.47 Å². The average molecular weight is 314 g/mol. The number of methoxy groups -OCH3 is 1. The zero-order valence-corrected chi connectivity index (χ0v) is 13.2. The molecular formula is C18H18O5. The molecule has 120 valence electrons. The highest BCUT2D eigenvalue weighted by molar-refractivity contribution is 5.94. The van der Waals surface area contributed by atoms with E-state index in [0.29, 0.717) is 22.6 Å². The maximum Gasteiger partial charge on any atom is 0.347 e. The number of benzene rings is 2. The minimum atomic E-state index is -0.521. The molecule has 0 unspecified atom stereocenters. The Bertz CT molecular complexity index is 689. The van der Waals surface area contributed by atoms with Crippen molar-refractivity contribution in [2.45, 2.75) is 20.0 Å². The standard InChI is InChI=1S/C18H18O5/c1-12(2)22-16-7-5-4-6-15(16)18(20)23-14-10-8-13(9-11-14)17(19)21-3/h4-12H,1-3H3. The summed E-state index contributed by atoms with van der Waals surface area (Å²) in [5.41, 5.74) is 0.731. The van der Waals surface area contributed by atoms with Gasteiger partial charge in [-0.2, -0.15) is 0 Å². The fourth-order valence-corrected chi connectivity index (χ4v) is 1.93. The van der Waals surface area contributed by atoms with Gasteiger partial charge in [-0.3, -0.25) is 0 Å². The molecule has 0 aliphatic rings. The molecule has 0 saturated heterocycles. The van der Waals surface area contributed by atoms with Gasteiger partial charge in [0.1, 0.15) is 17.1 Å². The van der Waals surface area contributed by atoms with Crippen LogP contribution in [0.1, 0.15) is 34.6 Å². The van der Waals surface area contributed by atoms with Gasteiger partial charge < -0.3 is 14.2 Å². The first-order valence-corrected chi connectivity index (χ1v) is 7.17. The number of rotatable bonds is 5. The first-order chi connectivity index (χ1) is 11.0. The van der Waals surface area contributed by atoms with E-state index in [2.05, 4.69) is 4.74 Å². The Morgan fingerprint density at radius 1 is 0.913 bits per heavy atom. The first kappa shape index (κ1) is 16.5. The van der Waals surface area contributed by atoms with Crippen LogP contribution >= 0.6 is 0 Å². The van der Waals surface area contributed by atoms with E-state index < -0.39 is 11.9 Å². The third-order valence-electron chi connectivity index (χ3n) is 2.96. The van der Waals surface area contributed by atoms with Crippen molar-refractivity contribution in [3.05, 3.63) is 59.7 Å². The number of carbonyl (C=O) groups is 2. The topological polar surface area (TPSA) is 61.8 Å². The molecule has 2 aromatic carbocycles. The van der Waals surface area contributed by atoms with Crippen LogP contribution in [-0.4, -0.2) is 25.2 Å². The fraction of sp³-hybridized carbons (Fsp3) is 0.222. The van der Waals surface area contributed by atoms with Crippen LogP contribution in [-0.2, 0) is 4.74 Å². The molecule has 2 aromatic rings. The zero-order chi connectivity index (χ0) is 16.8. The van der Waals surface area contributed by atoms with Gasteiger partial charge >= 0.3 is 11.9 Å². The summed E-state index contributed by atoms with van der Waals surface area (Å²) < 4.78 is 15.5. The molecule has 23 heavy (non-hydrogen) atoms. The SMILES string of the molecule is COC(=O)c1ccc(OC(=O)c2ccccc2OC(C)C)cc1. The normalized spacial score (nSPS) is 10.3. The molecule has 0 spiro atoms. The molecule has 0 saturated carbocycles. The molecule has 2 rings (SSSR count). The maximum absolute atomic E-state index is 12.3. The lowest BCUT2D eigenvalue weighted by Crippen LogP contribution is -2.13. The summed E-state index contributed by atoms with van der Waals surface area (Å²) in [6.07, 6.45) is -0.0525. The Morgan fingerprint density at radius 2 is 1.57 bits per heavy atom. The number of esters is 2. The Hall–Kier alpha value is -2.82. The van der Waals surface area contributed by atoms with E-state index in [1.807, 2.05) is 13.8 Å². The largest absolute Gasteiger partial charge is 0.490 e. The van der Waals surface area contributed by atoms with E-state index in [1.54, 1.807) is 24.3 Å². The number of hydrogen-bond donors (Lipinski definition) is 0. The predicted octanol–water partition coefficient (Wildman–Crippen LogP) is 3.48. The smallest absolute Gasteiger partial charge is 0.347 e. The van der Waals surface area contributed by atoms with E-state index in [1.165, 1.54) is 31.4 Å². The molecule has 0 aromatic heterocycles. The molecule has 0 N–H and O–H groups in total. The van der Waals surface area contributed by atoms with Gasteiger partial charge in [0.2, 0.25) is 0 Å². The second-order valence-electron chi connectivity index (χ2n) is 5.07. The van der Waals surface area contributed by atoms with Gasteiger partial charge in [-0.05, 0) is 50.2 Å². The molecule has 0 radical (unpaired) electrons. The molecule has 0 fully saturated rings. The lowest BCUT2D eigenvalue weighted by Gasteiger charge is -2.13. The molecule has 0 aliphatic heterocycles. The van der Waals surface area contributed by atoms with Gasteiger partial charge in [0, 0.05) is 0 Å². The van der Waals surface area contributed by atoms with Crippen molar-refractivity contribution in [1.29, 1.82) is 0 Å². The average Bonchev–Trinajstić information content (AvgIpc) is 2.54. The molecular weight excluding hydrogens is 296 g/mol. The number of ether oxygens (including phenoxy) is 3. The van der Waals surface area contributed by atoms with Gasteiger partial charge in [0.25, 0.3) is 0 Å². The van der Waals surface area contributed by atoms with Gasteiger partial charge in [-0.15, -0.1) is 0 Å². The summed E-state index contributed by atoms with van der Waals surface area (Å²) in [6, 6.07) is 13.0. The van der Waals surface area contributed by atoms with Crippen LogP contribution in [0.2, 0.25) is 0 Å². The third kappa shape index (κ3) is 4.32. The predicted molar refractivity (Wildman–Crippen MR) is 84.9 cm³/mol. The Morgan fingerprint density at radius 3 is 2.17 bits per heavy atom. The summed E-state index contributed by atoms with van der Waals surface area (Å²) in [7, 11) is 1.31. The van der Waals surface area contributed by atoms with Crippen molar-refractivity contribution < 1.29 is 23.8 Å². The van der Waals surface area contributed by atoms with Crippen molar-refractivity contribution in [3.63, 3.8) is 0 Å². The number of carbonyl (C=O) groups excluding carboxylic acids is 2. The maximum atomic E-state index is 12.3. The van der Waals surface area contributed by atoms with Crippen LogP contribution in [0.5, 0.6) is 11.5 Å². The van der Waals surface area contributed by atoms with Gasteiger partial charge in [-0.25, -0.2) is 9.59 Å². The van der Waals surface area contributed by atoms with Crippen molar-refractivity contribution in [2.75, 3.05) is 7.11 Å². The van der Waals surface area contributed by atoms with Crippen LogP contribution in [0.15, 0.2) is 48.5 Å². The summed E-state index contributed by atoms with van der Waals surface area (Å²) in [5.74, 6) is -0.161. The molecule has 5 heteroatoms. The van der Waals surface area contributed by atoms with Crippen molar-refractivity contribution >= 4 is 11.9 Å². The second kappa shape index (κ2) is 7.45. The van der Waals surface area contributed by atoms with Crippen LogP contribution in [0, 0.1) is 0 Å². The van der Waals surface area contributed by atoms with Crippen molar-refractivity contribution in [2.24, 2.45) is 0 Å². The summed E-state index contributed by atoms with van der Waals surface area (Å²) >= 11 is 0. The monoisotopic (exact) mass is 314 g/mol. The van der Waals surface area contributed by atoms with E-state index in [0.717, 1.165) is 0 Å². The van der Waals surface area contributed by atoms with E-state index in [-0.39, 0.29) is 6.10 Å². The highest BCUT2D eigenvalue weighted by Crippen LogP contribution is 2.22. The Kier molecular flexibility index (Phi) is 5.36. The summed E-state index contributed by atoms with van der Waals surface area (Å²) in [4.78, 5) is 23.7. The second-order valence-corrected chi connectivity index (χ2v) is 5.07. The fourth-order valence-electron chi connectivity index (χ4n) is 1.93. The molecule has 0 amide bonds. The summed E-state index contributed by atoms with van der Waals surface area (Å²) in [5, 5.41) is 0.